The van der Waals surface area contributed by atoms with Crippen LogP contribution in [0.3, 0.4) is 0 Å². The molecule has 1 heterocycles. The molecule has 1 aliphatic rings. The van der Waals surface area contributed by atoms with E-state index in [4.69, 9.17) is 4.74 Å². The van der Waals surface area contributed by atoms with Gasteiger partial charge in [-0.2, -0.15) is 0 Å². The van der Waals surface area contributed by atoms with Crippen LogP contribution in [0.2, 0.25) is 0 Å². The Bertz CT molecular complexity index is 1280. The SMILES string of the molecule is C[C@@H](NS(=O)(=O)c1ccc(Oc2ccc(F)cc2)cc1)[C@@]1(c2ccccc2)NC(=O)NC1=O. The molecule has 170 valence electrons. The Balaban J connectivity index is 1.56. The maximum absolute atomic E-state index is 13.0. The van der Waals surface area contributed by atoms with Crippen molar-refractivity contribution in [2.45, 2.75) is 23.4 Å². The van der Waals surface area contributed by atoms with Crippen molar-refractivity contribution in [1.82, 2.24) is 15.4 Å². The molecule has 1 saturated heterocycles. The third-order valence-corrected chi connectivity index (χ3v) is 6.85. The summed E-state index contributed by atoms with van der Waals surface area (Å²) in [5, 5.41) is 4.76. The number of imide groups is 1. The second-order valence-electron chi connectivity index (χ2n) is 7.45. The highest BCUT2D eigenvalue weighted by atomic mass is 32.2. The predicted octanol–water partition coefficient (Wildman–Crippen LogP) is 3.02. The molecule has 0 aliphatic carbocycles. The minimum Gasteiger partial charge on any atom is -0.457 e. The van der Waals surface area contributed by atoms with E-state index >= 15 is 0 Å². The summed E-state index contributed by atoms with van der Waals surface area (Å²) in [6, 6.07) is 17.7. The summed E-state index contributed by atoms with van der Waals surface area (Å²) in [4.78, 5) is 24.6. The third kappa shape index (κ3) is 4.43. The largest absolute Gasteiger partial charge is 0.457 e. The molecule has 10 heteroatoms. The molecule has 3 aromatic rings. The van der Waals surface area contributed by atoms with E-state index in [1.807, 2.05) is 0 Å². The van der Waals surface area contributed by atoms with Gasteiger partial charge in [-0.1, -0.05) is 30.3 Å². The van der Waals surface area contributed by atoms with Gasteiger partial charge in [0.05, 0.1) is 10.9 Å². The number of benzene rings is 3. The van der Waals surface area contributed by atoms with Crippen LogP contribution in [0.4, 0.5) is 9.18 Å². The Morgan fingerprint density at radius 2 is 1.48 bits per heavy atom. The van der Waals surface area contributed by atoms with E-state index in [0.29, 0.717) is 17.1 Å². The van der Waals surface area contributed by atoms with Crippen LogP contribution in [-0.4, -0.2) is 26.4 Å². The number of ether oxygens (including phenoxy) is 1. The minimum atomic E-state index is -4.07. The van der Waals surface area contributed by atoms with Crippen LogP contribution in [0.25, 0.3) is 0 Å². The van der Waals surface area contributed by atoms with Crippen molar-refractivity contribution in [3.8, 4) is 11.5 Å². The molecule has 3 amide bonds. The van der Waals surface area contributed by atoms with Gasteiger partial charge in [0.25, 0.3) is 5.91 Å². The number of rotatable bonds is 7. The Morgan fingerprint density at radius 1 is 0.909 bits per heavy atom. The molecule has 0 radical (unpaired) electrons. The molecule has 3 aromatic carbocycles. The highest BCUT2D eigenvalue weighted by molar-refractivity contribution is 7.89. The molecular weight excluding hydrogens is 449 g/mol. The molecule has 1 aliphatic heterocycles. The Hall–Kier alpha value is -3.76. The lowest BCUT2D eigenvalue weighted by Crippen LogP contribution is -2.58. The number of hydrogen-bond donors (Lipinski definition) is 3. The van der Waals surface area contributed by atoms with E-state index in [0.717, 1.165) is 0 Å². The average Bonchev–Trinajstić information content (AvgIpc) is 3.11. The van der Waals surface area contributed by atoms with Crippen LogP contribution in [0, 0.1) is 5.82 Å². The molecule has 0 aromatic heterocycles. The fourth-order valence-corrected chi connectivity index (χ4v) is 4.92. The van der Waals surface area contributed by atoms with Crippen LogP contribution < -0.4 is 20.1 Å². The number of carbonyl (C=O) groups is 2. The Labute approximate surface area is 189 Å². The molecule has 0 spiro atoms. The first kappa shape index (κ1) is 22.4. The zero-order valence-electron chi connectivity index (χ0n) is 17.4. The lowest BCUT2D eigenvalue weighted by molar-refractivity contribution is -0.125. The fraction of sp³-hybridized carbons (Fsp3) is 0.130. The predicted molar refractivity (Wildman–Crippen MR) is 117 cm³/mol. The van der Waals surface area contributed by atoms with Crippen molar-refractivity contribution in [3.05, 3.63) is 90.2 Å². The first-order valence-corrected chi connectivity index (χ1v) is 11.4. The molecule has 8 nitrogen and oxygen atoms in total. The third-order valence-electron chi connectivity index (χ3n) is 5.29. The average molecular weight is 469 g/mol. The summed E-state index contributed by atoms with van der Waals surface area (Å²) in [7, 11) is -4.07. The maximum Gasteiger partial charge on any atom is 0.322 e. The molecule has 2 atom stereocenters. The molecule has 0 saturated carbocycles. The van der Waals surface area contributed by atoms with E-state index in [2.05, 4.69) is 15.4 Å². The van der Waals surface area contributed by atoms with E-state index in [9.17, 15) is 22.4 Å². The highest BCUT2D eigenvalue weighted by Gasteiger charge is 2.52. The van der Waals surface area contributed by atoms with Crippen molar-refractivity contribution < 1.29 is 27.1 Å². The quantitative estimate of drug-likeness (QED) is 0.461. The standard InChI is InChI=1S/C23H20FN3O5S/c1-15(23(16-5-3-2-4-6-16)21(28)25-22(29)26-23)27-33(30,31)20-13-11-19(12-14-20)32-18-9-7-17(24)8-10-18/h2-15,27H,1H3,(H2,25,26,28,29)/t15-,23+/m1/s1. The van der Waals surface area contributed by atoms with Crippen LogP contribution in [0.15, 0.2) is 83.8 Å². The number of amides is 3. The Morgan fingerprint density at radius 3 is 2.03 bits per heavy atom. The number of hydrogen-bond acceptors (Lipinski definition) is 5. The lowest BCUT2D eigenvalue weighted by atomic mass is 9.84. The van der Waals surface area contributed by atoms with Gasteiger partial charge in [-0.3, -0.25) is 10.1 Å². The minimum absolute atomic E-state index is 0.0613. The molecule has 4 rings (SSSR count). The van der Waals surface area contributed by atoms with Gasteiger partial charge in [-0.15, -0.1) is 0 Å². The highest BCUT2D eigenvalue weighted by Crippen LogP contribution is 2.30. The van der Waals surface area contributed by atoms with Gasteiger partial charge in [0, 0.05) is 0 Å². The zero-order valence-corrected chi connectivity index (χ0v) is 18.2. The topological polar surface area (TPSA) is 114 Å². The summed E-state index contributed by atoms with van der Waals surface area (Å²) in [6.45, 7) is 1.50. The smallest absolute Gasteiger partial charge is 0.322 e. The van der Waals surface area contributed by atoms with Crippen LogP contribution in [0.1, 0.15) is 12.5 Å². The number of halogens is 1. The van der Waals surface area contributed by atoms with Gasteiger partial charge >= 0.3 is 6.03 Å². The summed E-state index contributed by atoms with van der Waals surface area (Å²) in [5.41, 5.74) is -1.18. The summed E-state index contributed by atoms with van der Waals surface area (Å²) >= 11 is 0. The van der Waals surface area contributed by atoms with Gasteiger partial charge in [0.1, 0.15) is 17.3 Å². The van der Waals surface area contributed by atoms with Gasteiger partial charge in [-0.05, 0) is 61.0 Å². The van der Waals surface area contributed by atoms with Crippen molar-refractivity contribution in [2.75, 3.05) is 0 Å². The number of urea groups is 1. The van der Waals surface area contributed by atoms with E-state index in [1.54, 1.807) is 30.3 Å². The molecular formula is C23H20FN3O5S. The summed E-state index contributed by atoms with van der Waals surface area (Å²) in [6.07, 6.45) is 0. The zero-order chi connectivity index (χ0) is 23.6. The van der Waals surface area contributed by atoms with Crippen molar-refractivity contribution in [2.24, 2.45) is 0 Å². The monoisotopic (exact) mass is 469 g/mol. The van der Waals surface area contributed by atoms with Crippen molar-refractivity contribution in [1.29, 1.82) is 0 Å². The molecule has 0 bridgehead atoms. The number of nitrogens with one attached hydrogen (secondary N) is 3. The van der Waals surface area contributed by atoms with Gasteiger partial charge in [-0.25, -0.2) is 22.3 Å². The van der Waals surface area contributed by atoms with E-state index < -0.39 is 39.4 Å². The summed E-state index contributed by atoms with van der Waals surface area (Å²) in [5.74, 6) is -0.301. The van der Waals surface area contributed by atoms with E-state index in [-0.39, 0.29) is 4.90 Å². The maximum atomic E-state index is 13.0. The second kappa shape index (κ2) is 8.64. The first-order valence-electron chi connectivity index (χ1n) is 9.96. The fourth-order valence-electron chi connectivity index (χ4n) is 3.64. The first-order chi connectivity index (χ1) is 15.7. The Kier molecular flexibility index (Phi) is 5.88. The second-order valence-corrected chi connectivity index (χ2v) is 9.17. The summed E-state index contributed by atoms with van der Waals surface area (Å²) < 4.78 is 47.2. The van der Waals surface area contributed by atoms with Crippen LogP contribution in [-0.2, 0) is 20.4 Å². The normalized spacial score (nSPS) is 19.0. The molecule has 3 N–H and O–H groups in total. The molecule has 1 fully saturated rings. The van der Waals surface area contributed by atoms with Crippen LogP contribution in [0.5, 0.6) is 11.5 Å². The van der Waals surface area contributed by atoms with Gasteiger partial charge in [0.2, 0.25) is 10.0 Å². The van der Waals surface area contributed by atoms with Crippen molar-refractivity contribution >= 4 is 22.0 Å². The van der Waals surface area contributed by atoms with Crippen molar-refractivity contribution in [3.63, 3.8) is 0 Å². The van der Waals surface area contributed by atoms with Crippen LogP contribution >= 0.6 is 0 Å². The number of carbonyl (C=O) groups excluding carboxylic acids is 2. The van der Waals surface area contributed by atoms with Gasteiger partial charge in [0.15, 0.2) is 5.54 Å². The molecule has 33 heavy (non-hydrogen) atoms. The molecule has 0 unspecified atom stereocenters. The van der Waals surface area contributed by atoms with E-state index in [1.165, 1.54) is 55.5 Å². The van der Waals surface area contributed by atoms with Gasteiger partial charge < -0.3 is 10.1 Å². The lowest BCUT2D eigenvalue weighted by Gasteiger charge is -2.33. The number of sulfonamides is 1.